The Morgan fingerprint density at radius 3 is 2.68 bits per heavy atom. The molecule has 2 unspecified atom stereocenters. The zero-order chi connectivity index (χ0) is 17.1. The summed E-state index contributed by atoms with van der Waals surface area (Å²) in [6.07, 6.45) is 5.71. The van der Waals surface area contributed by atoms with Gasteiger partial charge in [-0.1, -0.05) is 24.3 Å². The second-order valence-electron chi connectivity index (χ2n) is 6.57. The molecule has 0 spiro atoms. The molecule has 1 aliphatic heterocycles. The minimum absolute atomic E-state index is 0.0776. The molecule has 5 rings (SSSR count). The Morgan fingerprint density at radius 1 is 1.04 bits per heavy atom. The lowest BCUT2D eigenvalue weighted by Gasteiger charge is -2.14. The Morgan fingerprint density at radius 2 is 1.84 bits per heavy atom. The van der Waals surface area contributed by atoms with E-state index in [-0.39, 0.29) is 11.6 Å². The van der Waals surface area contributed by atoms with Crippen LogP contribution in [-0.4, -0.2) is 28.3 Å². The first-order valence-corrected chi connectivity index (χ1v) is 8.43. The molecule has 1 fully saturated rings. The lowest BCUT2D eigenvalue weighted by atomic mass is 9.88. The van der Waals surface area contributed by atoms with Gasteiger partial charge < -0.3 is 9.30 Å². The Labute approximate surface area is 144 Å². The minimum Gasteiger partial charge on any atom is -0.352 e. The number of rotatable bonds is 3. The first-order valence-electron chi connectivity index (χ1n) is 8.43. The third-order valence-corrected chi connectivity index (χ3v) is 5.16. The van der Waals surface area contributed by atoms with Crippen LogP contribution < -0.4 is 0 Å². The molecule has 1 aromatic heterocycles. The minimum atomic E-state index is -0.595. The van der Waals surface area contributed by atoms with Crippen LogP contribution in [0.15, 0.2) is 36.4 Å². The molecule has 0 bridgehead atoms. The van der Waals surface area contributed by atoms with Crippen molar-refractivity contribution in [1.29, 1.82) is 0 Å². The van der Waals surface area contributed by atoms with Gasteiger partial charge >= 0.3 is 0 Å². The molecule has 1 saturated heterocycles. The van der Waals surface area contributed by atoms with Gasteiger partial charge in [0.1, 0.15) is 0 Å². The van der Waals surface area contributed by atoms with E-state index >= 15 is 0 Å². The summed E-state index contributed by atoms with van der Waals surface area (Å²) in [5, 5.41) is 2.08. The maximum atomic E-state index is 12.9. The number of nitrogens with zero attached hydrogens (tertiary/aromatic N) is 1. The summed E-state index contributed by atoms with van der Waals surface area (Å²) in [4.78, 5) is 25.4. The van der Waals surface area contributed by atoms with Crippen molar-refractivity contribution in [2.45, 2.75) is 31.6 Å². The lowest BCUT2D eigenvalue weighted by molar-refractivity contribution is 0.0923. The van der Waals surface area contributed by atoms with Gasteiger partial charge in [0, 0.05) is 34.8 Å². The summed E-state index contributed by atoms with van der Waals surface area (Å²) in [7, 11) is 0. The Balaban J connectivity index is 1.85. The monoisotopic (exact) mass is 329 g/mol. The normalized spacial score (nSPS) is 21.2. The average Bonchev–Trinajstić information content (AvgIpc) is 3.38. The molecule has 3 aromatic rings. The molecule has 0 saturated carbocycles. The number of unbranched alkanes of at least 4 members (excludes halogenated alkanes) is 1. The molecule has 0 N–H and O–H groups in total. The SMILES string of the molecule is C#CCCCn1c2ccccc2c2ccc3c(c21)C(=O)C1OC1C3=O. The Hall–Kier alpha value is -2.90. The third kappa shape index (κ3) is 1.87. The van der Waals surface area contributed by atoms with Crippen molar-refractivity contribution in [3.63, 3.8) is 0 Å². The van der Waals surface area contributed by atoms with Crippen LogP contribution in [0.1, 0.15) is 33.6 Å². The van der Waals surface area contributed by atoms with E-state index < -0.39 is 12.2 Å². The number of aromatic nitrogens is 1. The highest BCUT2D eigenvalue weighted by Crippen LogP contribution is 2.41. The van der Waals surface area contributed by atoms with Crippen molar-refractivity contribution >= 4 is 33.4 Å². The molecule has 1 aliphatic carbocycles. The topological polar surface area (TPSA) is 51.6 Å². The van der Waals surface area contributed by atoms with Crippen molar-refractivity contribution in [3.05, 3.63) is 47.5 Å². The molecular formula is C21H15NO3. The first-order chi connectivity index (χ1) is 12.2. The highest BCUT2D eigenvalue weighted by Gasteiger charge is 2.55. The van der Waals surface area contributed by atoms with Crippen LogP contribution in [0.2, 0.25) is 0 Å². The van der Waals surface area contributed by atoms with Crippen LogP contribution in [0.25, 0.3) is 21.8 Å². The number of terminal acetylenes is 1. The zero-order valence-electron chi connectivity index (χ0n) is 13.5. The zero-order valence-corrected chi connectivity index (χ0v) is 13.5. The quantitative estimate of drug-likeness (QED) is 0.421. The van der Waals surface area contributed by atoms with E-state index in [1.54, 1.807) is 6.07 Å². The largest absolute Gasteiger partial charge is 0.352 e. The van der Waals surface area contributed by atoms with Crippen LogP contribution in [-0.2, 0) is 11.3 Å². The molecule has 2 aromatic carbocycles. The average molecular weight is 329 g/mol. The molecule has 25 heavy (non-hydrogen) atoms. The highest BCUT2D eigenvalue weighted by atomic mass is 16.6. The molecule has 122 valence electrons. The summed E-state index contributed by atoms with van der Waals surface area (Å²) in [6, 6.07) is 11.8. The molecule has 2 aliphatic rings. The number of ketones is 2. The van der Waals surface area contributed by atoms with Crippen molar-refractivity contribution in [1.82, 2.24) is 4.57 Å². The van der Waals surface area contributed by atoms with E-state index in [9.17, 15) is 9.59 Å². The summed E-state index contributed by atoms with van der Waals surface area (Å²) in [5.74, 6) is 2.50. The van der Waals surface area contributed by atoms with Gasteiger partial charge in [0.2, 0.25) is 0 Å². The van der Waals surface area contributed by atoms with E-state index in [1.165, 1.54) is 0 Å². The molecule has 4 nitrogen and oxygen atoms in total. The fourth-order valence-corrected chi connectivity index (χ4v) is 3.98. The van der Waals surface area contributed by atoms with Gasteiger partial charge in [0.05, 0.1) is 11.1 Å². The van der Waals surface area contributed by atoms with Crippen LogP contribution in [0.5, 0.6) is 0 Å². The summed E-state index contributed by atoms with van der Waals surface area (Å²) >= 11 is 0. The number of Topliss-reactive ketones (excluding diaryl/α,β-unsaturated/α-hetero) is 2. The fraction of sp³-hybridized carbons (Fsp3) is 0.238. The summed E-state index contributed by atoms with van der Waals surface area (Å²) < 4.78 is 7.45. The third-order valence-electron chi connectivity index (χ3n) is 5.16. The molecule has 2 heterocycles. The number of carbonyl (C=O) groups is 2. The maximum Gasteiger partial charge on any atom is 0.197 e. The fourth-order valence-electron chi connectivity index (χ4n) is 3.98. The molecule has 4 heteroatoms. The number of benzene rings is 2. The second kappa shape index (κ2) is 5.05. The van der Waals surface area contributed by atoms with Crippen LogP contribution in [0, 0.1) is 12.3 Å². The van der Waals surface area contributed by atoms with Crippen LogP contribution >= 0.6 is 0 Å². The summed E-state index contributed by atoms with van der Waals surface area (Å²) in [5.41, 5.74) is 2.89. The van der Waals surface area contributed by atoms with Gasteiger partial charge in [0.25, 0.3) is 0 Å². The predicted octanol–water partition coefficient (Wildman–Crippen LogP) is 3.35. The van der Waals surface area contributed by atoms with Gasteiger partial charge in [0.15, 0.2) is 23.8 Å². The standard InChI is InChI=1S/C21H15NO3/c1-2-3-6-11-22-15-8-5-4-7-12(15)13-9-10-14-16(17(13)22)19(24)21-20(25-21)18(14)23/h1,4-5,7-10,20-21H,3,6,11H2. The number of aryl methyl sites for hydroxylation is 1. The second-order valence-corrected chi connectivity index (χ2v) is 6.57. The summed E-state index contributed by atoms with van der Waals surface area (Å²) in [6.45, 7) is 0.709. The van der Waals surface area contributed by atoms with E-state index in [4.69, 9.17) is 11.2 Å². The Bertz CT molecular complexity index is 1120. The molecule has 0 radical (unpaired) electrons. The number of epoxide rings is 1. The number of carbonyl (C=O) groups excluding carboxylic acids is 2. The van der Waals surface area contributed by atoms with Crippen LogP contribution in [0.3, 0.4) is 0 Å². The van der Waals surface area contributed by atoms with Gasteiger partial charge in [-0.05, 0) is 18.6 Å². The van der Waals surface area contributed by atoms with Crippen molar-refractivity contribution in [3.8, 4) is 12.3 Å². The van der Waals surface area contributed by atoms with Crippen LogP contribution in [0.4, 0.5) is 0 Å². The predicted molar refractivity (Wildman–Crippen MR) is 94.8 cm³/mol. The number of hydrogen-bond acceptors (Lipinski definition) is 3. The molecule has 2 atom stereocenters. The van der Waals surface area contributed by atoms with Crippen molar-refractivity contribution < 1.29 is 14.3 Å². The molecular weight excluding hydrogens is 314 g/mol. The van der Waals surface area contributed by atoms with Gasteiger partial charge in [-0.3, -0.25) is 9.59 Å². The number of fused-ring (bicyclic) bond motifs is 6. The number of hydrogen-bond donors (Lipinski definition) is 0. The Kier molecular flexibility index (Phi) is 2.92. The number of para-hydroxylation sites is 1. The van der Waals surface area contributed by atoms with Gasteiger partial charge in [-0.25, -0.2) is 0 Å². The van der Waals surface area contributed by atoms with Gasteiger partial charge in [-0.2, -0.15) is 0 Å². The van der Waals surface area contributed by atoms with Crippen molar-refractivity contribution in [2.75, 3.05) is 0 Å². The van der Waals surface area contributed by atoms with E-state index in [0.29, 0.717) is 24.1 Å². The van der Waals surface area contributed by atoms with E-state index in [0.717, 1.165) is 28.2 Å². The van der Waals surface area contributed by atoms with E-state index in [2.05, 4.69) is 10.5 Å². The van der Waals surface area contributed by atoms with Gasteiger partial charge in [-0.15, -0.1) is 12.3 Å². The lowest BCUT2D eigenvalue weighted by Crippen LogP contribution is -2.26. The number of ether oxygens (including phenoxy) is 1. The molecule has 0 amide bonds. The smallest absolute Gasteiger partial charge is 0.197 e. The highest BCUT2D eigenvalue weighted by molar-refractivity contribution is 6.27. The van der Waals surface area contributed by atoms with Crippen molar-refractivity contribution in [2.24, 2.45) is 0 Å². The maximum absolute atomic E-state index is 12.9. The van der Waals surface area contributed by atoms with E-state index in [1.807, 2.05) is 30.3 Å². The first kappa shape index (κ1) is 14.4.